The van der Waals surface area contributed by atoms with Crippen molar-refractivity contribution >= 4 is 33.0 Å². The lowest BCUT2D eigenvalue weighted by Crippen LogP contribution is -2.17. The molecule has 1 amide bonds. The zero-order valence-electron chi connectivity index (χ0n) is 12.0. The van der Waals surface area contributed by atoms with Crippen LogP contribution in [0.5, 0.6) is 0 Å². The summed E-state index contributed by atoms with van der Waals surface area (Å²) in [5.74, 6) is -0.466. The van der Waals surface area contributed by atoms with Crippen LogP contribution in [0.2, 0.25) is 5.02 Å². The summed E-state index contributed by atoms with van der Waals surface area (Å²) in [5, 5.41) is 3.16. The third kappa shape index (κ3) is 3.87. The highest BCUT2D eigenvalue weighted by molar-refractivity contribution is 7.91. The molecule has 2 aromatic rings. The van der Waals surface area contributed by atoms with E-state index in [2.05, 4.69) is 5.32 Å². The molecule has 0 saturated heterocycles. The quantitative estimate of drug-likeness (QED) is 0.903. The predicted molar refractivity (Wildman–Crippen MR) is 88.2 cm³/mol. The second-order valence-electron chi connectivity index (χ2n) is 4.78. The highest BCUT2D eigenvalue weighted by Gasteiger charge is 2.21. The Balaban J connectivity index is 2.35. The van der Waals surface area contributed by atoms with Crippen LogP contribution < -0.4 is 5.32 Å². The van der Waals surface area contributed by atoms with Crippen LogP contribution in [0, 0.1) is 0 Å². The second-order valence-corrected chi connectivity index (χ2v) is 7.29. The molecule has 0 unspecified atom stereocenters. The van der Waals surface area contributed by atoms with E-state index in [-0.39, 0.29) is 16.2 Å². The van der Waals surface area contributed by atoms with Crippen LogP contribution in [0.1, 0.15) is 23.7 Å². The zero-order valence-corrected chi connectivity index (χ0v) is 13.6. The molecule has 0 bridgehead atoms. The number of nitrogens with one attached hydrogen (secondary N) is 1. The van der Waals surface area contributed by atoms with E-state index in [1.54, 1.807) is 43.3 Å². The first-order valence-electron chi connectivity index (χ1n) is 6.83. The second kappa shape index (κ2) is 6.94. The summed E-state index contributed by atoms with van der Waals surface area (Å²) in [7, 11) is -3.47. The third-order valence-corrected chi connectivity index (χ3v) is 5.23. The first kappa shape index (κ1) is 16.5. The van der Waals surface area contributed by atoms with Gasteiger partial charge in [-0.3, -0.25) is 4.79 Å². The summed E-state index contributed by atoms with van der Waals surface area (Å²) in [4.78, 5) is 12.4. The minimum absolute atomic E-state index is 0.00839. The molecule has 0 fully saturated rings. The van der Waals surface area contributed by atoms with E-state index in [1.807, 2.05) is 0 Å². The van der Waals surface area contributed by atoms with Crippen LogP contribution in [-0.4, -0.2) is 20.1 Å². The van der Waals surface area contributed by atoms with E-state index >= 15 is 0 Å². The molecule has 0 aliphatic rings. The molecule has 0 spiro atoms. The van der Waals surface area contributed by atoms with Gasteiger partial charge in [-0.1, -0.05) is 36.7 Å². The van der Waals surface area contributed by atoms with Gasteiger partial charge in [0, 0.05) is 10.7 Å². The van der Waals surface area contributed by atoms with Crippen molar-refractivity contribution in [1.29, 1.82) is 0 Å². The number of benzene rings is 2. The van der Waals surface area contributed by atoms with E-state index in [1.165, 1.54) is 12.1 Å². The third-order valence-electron chi connectivity index (χ3n) is 3.02. The van der Waals surface area contributed by atoms with E-state index in [9.17, 15) is 13.2 Å². The van der Waals surface area contributed by atoms with Gasteiger partial charge in [-0.25, -0.2) is 8.42 Å². The highest BCUT2D eigenvalue weighted by Crippen LogP contribution is 2.20. The Bertz CT molecular complexity index is 787. The first-order valence-corrected chi connectivity index (χ1v) is 8.86. The number of sulfone groups is 1. The number of carbonyl (C=O) groups excluding carboxylic acids is 1. The van der Waals surface area contributed by atoms with Crippen molar-refractivity contribution in [2.75, 3.05) is 11.1 Å². The molecule has 2 rings (SSSR count). The molecule has 0 aromatic heterocycles. The lowest BCUT2D eigenvalue weighted by atomic mass is 10.2. The van der Waals surface area contributed by atoms with Crippen molar-refractivity contribution in [3.8, 4) is 0 Å². The molecule has 6 heteroatoms. The number of hydrogen-bond donors (Lipinski definition) is 1. The predicted octanol–water partition coefficient (Wildman–Crippen LogP) is 3.78. The number of hydrogen-bond acceptors (Lipinski definition) is 3. The molecule has 0 atom stereocenters. The normalized spacial score (nSPS) is 11.2. The van der Waals surface area contributed by atoms with Crippen molar-refractivity contribution in [3.63, 3.8) is 0 Å². The smallest absolute Gasteiger partial charge is 0.256 e. The molecule has 116 valence electrons. The van der Waals surface area contributed by atoms with Crippen LogP contribution in [0.15, 0.2) is 53.4 Å². The number of rotatable bonds is 5. The molecular formula is C16H16ClNO3S. The molecule has 0 saturated carbocycles. The van der Waals surface area contributed by atoms with E-state index in [4.69, 9.17) is 11.6 Å². The number of anilines is 1. The summed E-state index contributed by atoms with van der Waals surface area (Å²) in [6.45, 7) is 1.78. The van der Waals surface area contributed by atoms with E-state index in [0.29, 0.717) is 17.1 Å². The van der Waals surface area contributed by atoms with E-state index < -0.39 is 15.7 Å². The standard InChI is InChI=1S/C16H16ClNO3S/c1-2-10-22(20,21)15-9-4-3-8-14(15)16(19)18-13-7-5-6-12(17)11-13/h3-9,11H,2,10H2,1H3,(H,18,19). The Morgan fingerprint density at radius 3 is 2.55 bits per heavy atom. The average Bonchev–Trinajstić information content (AvgIpc) is 2.47. The van der Waals surface area contributed by atoms with E-state index in [0.717, 1.165) is 0 Å². The molecular weight excluding hydrogens is 322 g/mol. The maximum atomic E-state index is 12.4. The van der Waals surface area contributed by atoms with Crippen LogP contribution in [0.25, 0.3) is 0 Å². The van der Waals surface area contributed by atoms with Gasteiger partial charge in [0.2, 0.25) is 0 Å². The molecule has 0 radical (unpaired) electrons. The zero-order chi connectivity index (χ0) is 16.2. The monoisotopic (exact) mass is 337 g/mol. The minimum atomic E-state index is -3.47. The lowest BCUT2D eigenvalue weighted by Gasteiger charge is -2.10. The van der Waals surface area contributed by atoms with Gasteiger partial charge in [0.05, 0.1) is 16.2 Å². The highest BCUT2D eigenvalue weighted by atomic mass is 35.5. The van der Waals surface area contributed by atoms with Crippen molar-refractivity contribution in [2.24, 2.45) is 0 Å². The summed E-state index contributed by atoms with van der Waals surface area (Å²) in [5.41, 5.74) is 0.649. The Morgan fingerprint density at radius 2 is 1.86 bits per heavy atom. The molecule has 4 nitrogen and oxygen atoms in total. The molecule has 0 aliphatic carbocycles. The van der Waals surface area contributed by atoms with Crippen LogP contribution >= 0.6 is 11.6 Å². The van der Waals surface area contributed by atoms with Gasteiger partial charge >= 0.3 is 0 Å². The van der Waals surface area contributed by atoms with Gasteiger partial charge in [-0.05, 0) is 36.8 Å². The molecule has 22 heavy (non-hydrogen) atoms. The van der Waals surface area contributed by atoms with Gasteiger partial charge in [0.25, 0.3) is 5.91 Å². The SMILES string of the molecule is CCCS(=O)(=O)c1ccccc1C(=O)Nc1cccc(Cl)c1. The van der Waals surface area contributed by atoms with Crippen molar-refractivity contribution in [2.45, 2.75) is 18.2 Å². The van der Waals surface area contributed by atoms with Crippen LogP contribution in [0.4, 0.5) is 5.69 Å². The largest absolute Gasteiger partial charge is 0.322 e. The Labute approximate surface area is 135 Å². The fourth-order valence-electron chi connectivity index (χ4n) is 2.07. The molecule has 0 heterocycles. The van der Waals surface area contributed by atoms with Gasteiger partial charge in [-0.2, -0.15) is 0 Å². The maximum absolute atomic E-state index is 12.4. The van der Waals surface area contributed by atoms with Crippen LogP contribution in [-0.2, 0) is 9.84 Å². The molecule has 1 N–H and O–H groups in total. The van der Waals surface area contributed by atoms with Crippen molar-refractivity contribution in [3.05, 3.63) is 59.1 Å². The Morgan fingerprint density at radius 1 is 1.14 bits per heavy atom. The van der Waals surface area contributed by atoms with Crippen molar-refractivity contribution in [1.82, 2.24) is 0 Å². The Hall–Kier alpha value is -1.85. The maximum Gasteiger partial charge on any atom is 0.256 e. The molecule has 2 aromatic carbocycles. The van der Waals surface area contributed by atoms with Gasteiger partial charge in [0.1, 0.15) is 0 Å². The summed E-state index contributed by atoms with van der Waals surface area (Å²) >= 11 is 5.87. The average molecular weight is 338 g/mol. The topological polar surface area (TPSA) is 63.2 Å². The summed E-state index contributed by atoms with van der Waals surface area (Å²) in [6, 6.07) is 12.9. The summed E-state index contributed by atoms with van der Waals surface area (Å²) < 4.78 is 24.5. The number of halogens is 1. The number of carbonyl (C=O) groups is 1. The van der Waals surface area contributed by atoms with Crippen molar-refractivity contribution < 1.29 is 13.2 Å². The lowest BCUT2D eigenvalue weighted by molar-refractivity contribution is 0.102. The fraction of sp³-hybridized carbons (Fsp3) is 0.188. The fourth-order valence-corrected chi connectivity index (χ4v) is 3.80. The van der Waals surface area contributed by atoms with Gasteiger partial charge < -0.3 is 5.32 Å². The van der Waals surface area contributed by atoms with Gasteiger partial charge in [-0.15, -0.1) is 0 Å². The molecule has 0 aliphatic heterocycles. The van der Waals surface area contributed by atoms with Gasteiger partial charge in [0.15, 0.2) is 9.84 Å². The first-order chi connectivity index (χ1) is 10.4. The Kier molecular flexibility index (Phi) is 5.21. The summed E-state index contributed by atoms with van der Waals surface area (Å²) in [6.07, 6.45) is 0.493. The number of amides is 1. The minimum Gasteiger partial charge on any atom is -0.322 e. The van der Waals surface area contributed by atoms with Crippen LogP contribution in [0.3, 0.4) is 0 Å².